The first kappa shape index (κ1) is 24.2. The molecule has 5 rings (SSSR count). The second kappa shape index (κ2) is 10.6. The largest absolute Gasteiger partial charge is 0.507 e. The van der Waals surface area contributed by atoms with Crippen molar-refractivity contribution in [3.63, 3.8) is 0 Å². The Labute approximate surface area is 215 Å². The molecule has 1 saturated heterocycles. The zero-order valence-electron chi connectivity index (χ0n) is 20.3. The minimum absolute atomic E-state index is 0.0366. The number of nitrogens with zero attached hydrogens (tertiary/aromatic N) is 1. The summed E-state index contributed by atoms with van der Waals surface area (Å²) in [6, 6.07) is 21.1. The van der Waals surface area contributed by atoms with E-state index in [1.165, 1.54) is 4.90 Å². The zero-order chi connectivity index (χ0) is 25.8. The van der Waals surface area contributed by atoms with E-state index in [4.69, 9.17) is 14.2 Å². The van der Waals surface area contributed by atoms with Gasteiger partial charge in [0.25, 0.3) is 11.7 Å². The molecule has 3 aromatic rings. The van der Waals surface area contributed by atoms with E-state index in [0.717, 1.165) is 5.56 Å². The summed E-state index contributed by atoms with van der Waals surface area (Å²) in [6.45, 7) is 5.16. The van der Waals surface area contributed by atoms with Crippen LogP contribution >= 0.6 is 0 Å². The summed E-state index contributed by atoms with van der Waals surface area (Å²) in [7, 11) is 0. The Morgan fingerprint density at radius 3 is 2.46 bits per heavy atom. The van der Waals surface area contributed by atoms with Crippen LogP contribution in [0.1, 0.15) is 22.7 Å². The fraction of sp³-hybridized carbons (Fsp3) is 0.200. The number of amides is 1. The van der Waals surface area contributed by atoms with Gasteiger partial charge in [0.2, 0.25) is 0 Å². The third-order valence-electron chi connectivity index (χ3n) is 6.40. The number of aliphatic hydroxyl groups is 1. The summed E-state index contributed by atoms with van der Waals surface area (Å²) in [5.41, 5.74) is 2.15. The van der Waals surface area contributed by atoms with E-state index in [2.05, 4.69) is 6.58 Å². The Hall–Kier alpha value is -4.52. The lowest BCUT2D eigenvalue weighted by atomic mass is 9.95. The highest BCUT2D eigenvalue weighted by atomic mass is 16.6. The molecule has 1 N–H and O–H groups in total. The van der Waals surface area contributed by atoms with Gasteiger partial charge in [-0.25, -0.2) is 0 Å². The Morgan fingerprint density at radius 2 is 1.73 bits per heavy atom. The number of rotatable bonds is 8. The molecule has 0 radical (unpaired) electrons. The summed E-state index contributed by atoms with van der Waals surface area (Å²) < 4.78 is 16.8. The number of Topliss-reactive ketones (excluding diaryl/α,β-unsaturated/α-hetero) is 1. The van der Waals surface area contributed by atoms with Gasteiger partial charge in [-0.2, -0.15) is 0 Å². The predicted molar refractivity (Wildman–Crippen MR) is 139 cm³/mol. The number of ether oxygens (including phenoxy) is 3. The lowest BCUT2D eigenvalue weighted by molar-refractivity contribution is -0.139. The number of likely N-dealkylation sites (tertiary alicyclic amines) is 1. The number of benzene rings is 3. The summed E-state index contributed by atoms with van der Waals surface area (Å²) >= 11 is 0. The van der Waals surface area contributed by atoms with Crippen LogP contribution in [0.4, 0.5) is 0 Å². The lowest BCUT2D eigenvalue weighted by Gasteiger charge is -2.26. The molecule has 0 spiro atoms. The average molecular weight is 498 g/mol. The fourth-order valence-corrected chi connectivity index (χ4v) is 4.60. The first-order chi connectivity index (χ1) is 18.1. The van der Waals surface area contributed by atoms with Crippen molar-refractivity contribution in [2.75, 3.05) is 26.4 Å². The van der Waals surface area contributed by atoms with Gasteiger partial charge in [-0.05, 0) is 47.9 Å². The van der Waals surface area contributed by atoms with Crippen LogP contribution < -0.4 is 14.2 Å². The summed E-state index contributed by atoms with van der Waals surface area (Å²) in [4.78, 5) is 28.1. The maximum Gasteiger partial charge on any atom is 0.295 e. The SMILES string of the molecule is C=CCOc1ccc([C@@H]2C(=C(O)c3ccc4c(c3)OCCO4)C(=O)C(=O)N2CCc2ccccc2)cc1. The molecule has 2 aliphatic rings. The quantitative estimate of drug-likeness (QED) is 0.210. The molecule has 0 aromatic heterocycles. The molecular formula is C30H27NO6. The van der Waals surface area contributed by atoms with Gasteiger partial charge in [0.15, 0.2) is 11.5 Å². The van der Waals surface area contributed by atoms with Crippen molar-refractivity contribution in [3.05, 3.63) is 108 Å². The van der Waals surface area contributed by atoms with Crippen LogP contribution in [-0.2, 0) is 16.0 Å². The highest BCUT2D eigenvalue weighted by Gasteiger charge is 2.46. The predicted octanol–water partition coefficient (Wildman–Crippen LogP) is 4.69. The van der Waals surface area contributed by atoms with Crippen LogP contribution in [0.15, 0.2) is 91.0 Å². The van der Waals surface area contributed by atoms with Crippen LogP contribution in [0.5, 0.6) is 17.2 Å². The number of hydrogen-bond donors (Lipinski definition) is 1. The molecule has 2 heterocycles. The topological polar surface area (TPSA) is 85.3 Å². The van der Waals surface area contributed by atoms with Gasteiger partial charge in [0.1, 0.15) is 31.3 Å². The maximum absolute atomic E-state index is 13.3. The molecule has 1 amide bonds. The minimum atomic E-state index is -0.759. The standard InChI is InChI=1S/C30H27NO6/c1-2-16-35-23-11-8-21(9-12-23)27-26(28(32)22-10-13-24-25(19-22)37-18-17-36-24)29(33)30(34)31(27)15-14-20-6-4-3-5-7-20/h2-13,19,27,32H,1,14-18H2/t27-/m1/s1. The first-order valence-electron chi connectivity index (χ1n) is 12.1. The molecule has 1 fully saturated rings. The molecule has 7 heteroatoms. The molecule has 1 atom stereocenters. The smallest absolute Gasteiger partial charge is 0.295 e. The second-order valence-electron chi connectivity index (χ2n) is 8.76. The Kier molecular flexibility index (Phi) is 6.94. The molecule has 0 bridgehead atoms. The molecule has 2 aliphatic heterocycles. The summed E-state index contributed by atoms with van der Waals surface area (Å²) in [6.07, 6.45) is 2.22. The first-order valence-corrected chi connectivity index (χ1v) is 12.1. The molecule has 188 valence electrons. The van der Waals surface area contributed by atoms with Crippen LogP contribution in [0.3, 0.4) is 0 Å². The van der Waals surface area contributed by atoms with E-state index in [1.807, 2.05) is 42.5 Å². The monoisotopic (exact) mass is 497 g/mol. The average Bonchev–Trinajstić information content (AvgIpc) is 3.20. The van der Waals surface area contributed by atoms with Crippen molar-refractivity contribution in [2.45, 2.75) is 12.5 Å². The normalized spacial score (nSPS) is 18.1. The van der Waals surface area contributed by atoms with Crippen molar-refractivity contribution in [1.82, 2.24) is 4.90 Å². The zero-order valence-corrected chi connectivity index (χ0v) is 20.3. The summed E-state index contributed by atoms with van der Waals surface area (Å²) in [5, 5.41) is 11.4. The number of carbonyl (C=O) groups is 2. The highest BCUT2D eigenvalue weighted by molar-refractivity contribution is 6.46. The summed E-state index contributed by atoms with van der Waals surface area (Å²) in [5.74, 6) is 0.0577. The van der Waals surface area contributed by atoms with Gasteiger partial charge in [0, 0.05) is 12.1 Å². The van der Waals surface area contributed by atoms with E-state index in [-0.39, 0.29) is 11.3 Å². The molecular weight excluding hydrogens is 470 g/mol. The number of ketones is 1. The Balaban J connectivity index is 1.55. The van der Waals surface area contributed by atoms with E-state index in [9.17, 15) is 14.7 Å². The lowest BCUT2D eigenvalue weighted by Crippen LogP contribution is -2.31. The molecule has 3 aromatic carbocycles. The van der Waals surface area contributed by atoms with Crippen LogP contribution in [0.25, 0.3) is 5.76 Å². The second-order valence-corrected chi connectivity index (χ2v) is 8.76. The fourth-order valence-electron chi connectivity index (χ4n) is 4.60. The molecule has 0 aliphatic carbocycles. The van der Waals surface area contributed by atoms with Crippen molar-refractivity contribution in [2.24, 2.45) is 0 Å². The molecule has 37 heavy (non-hydrogen) atoms. The van der Waals surface area contributed by atoms with Gasteiger partial charge in [-0.1, -0.05) is 55.1 Å². The van der Waals surface area contributed by atoms with Crippen molar-refractivity contribution < 1.29 is 28.9 Å². The van der Waals surface area contributed by atoms with Crippen LogP contribution in [0, 0.1) is 0 Å². The van der Waals surface area contributed by atoms with Gasteiger partial charge >= 0.3 is 0 Å². The van der Waals surface area contributed by atoms with E-state index >= 15 is 0 Å². The Morgan fingerprint density at radius 1 is 1.00 bits per heavy atom. The highest BCUT2D eigenvalue weighted by Crippen LogP contribution is 2.41. The number of fused-ring (bicyclic) bond motifs is 1. The van der Waals surface area contributed by atoms with Gasteiger partial charge in [-0.15, -0.1) is 0 Å². The van der Waals surface area contributed by atoms with Gasteiger partial charge < -0.3 is 24.2 Å². The Bertz CT molecular complexity index is 1350. The van der Waals surface area contributed by atoms with Crippen molar-refractivity contribution in [1.29, 1.82) is 0 Å². The number of aliphatic hydroxyl groups excluding tert-OH is 1. The van der Waals surface area contributed by atoms with E-state index < -0.39 is 17.7 Å². The van der Waals surface area contributed by atoms with Crippen molar-refractivity contribution in [3.8, 4) is 17.2 Å². The third kappa shape index (κ3) is 4.93. The number of carbonyl (C=O) groups excluding carboxylic acids is 2. The molecule has 0 unspecified atom stereocenters. The van der Waals surface area contributed by atoms with E-state index in [1.54, 1.807) is 36.4 Å². The van der Waals surface area contributed by atoms with Crippen LogP contribution in [0.2, 0.25) is 0 Å². The van der Waals surface area contributed by atoms with Crippen LogP contribution in [-0.4, -0.2) is 48.1 Å². The third-order valence-corrected chi connectivity index (χ3v) is 6.40. The molecule has 0 saturated carbocycles. The van der Waals surface area contributed by atoms with Gasteiger partial charge in [0.05, 0.1) is 11.6 Å². The van der Waals surface area contributed by atoms with Gasteiger partial charge in [-0.3, -0.25) is 9.59 Å². The van der Waals surface area contributed by atoms with E-state index in [0.29, 0.717) is 61.2 Å². The molecule has 7 nitrogen and oxygen atoms in total. The van der Waals surface area contributed by atoms with Crippen molar-refractivity contribution >= 4 is 17.4 Å². The number of hydrogen-bond acceptors (Lipinski definition) is 6. The maximum atomic E-state index is 13.3. The minimum Gasteiger partial charge on any atom is -0.507 e.